The fourth-order valence-electron chi connectivity index (χ4n) is 4.27. The van der Waals surface area contributed by atoms with Crippen LogP contribution < -0.4 is 10.6 Å². The molecule has 0 fully saturated rings. The minimum Gasteiger partial charge on any atom is -0.378 e. The van der Waals surface area contributed by atoms with Gasteiger partial charge in [0.2, 0.25) is 5.91 Å². The molecule has 2 N–H and O–H groups in total. The van der Waals surface area contributed by atoms with E-state index >= 15 is 0 Å². The lowest BCUT2D eigenvalue weighted by Gasteiger charge is -2.20. The molecule has 1 aliphatic carbocycles. The van der Waals surface area contributed by atoms with Crippen molar-refractivity contribution in [2.24, 2.45) is 0 Å². The van der Waals surface area contributed by atoms with Crippen molar-refractivity contribution >= 4 is 33.2 Å². The van der Waals surface area contributed by atoms with Crippen LogP contribution in [0.4, 0.5) is 11.4 Å². The molecule has 154 valence electrons. The molecule has 4 heteroatoms. The summed E-state index contributed by atoms with van der Waals surface area (Å²) in [4.78, 5) is 12.5. The summed E-state index contributed by atoms with van der Waals surface area (Å²) >= 11 is 3.50. The van der Waals surface area contributed by atoms with Crippen molar-refractivity contribution in [3.8, 4) is 0 Å². The van der Waals surface area contributed by atoms with E-state index in [2.05, 4.69) is 77.7 Å². The lowest BCUT2D eigenvalue weighted by atomic mass is 9.93. The quantitative estimate of drug-likeness (QED) is 0.461. The summed E-state index contributed by atoms with van der Waals surface area (Å²) in [5.41, 5.74) is 9.61. The SMILES string of the molecule is CC(C)=C(C)CC(=O)Nc1cc(C)c2c(c1C)C(C)CC2Nc1ccc(Br)cc1. The number of allylic oxidation sites excluding steroid dienone is 1. The maximum atomic E-state index is 12.5. The third-order valence-corrected chi connectivity index (χ3v) is 6.58. The summed E-state index contributed by atoms with van der Waals surface area (Å²) in [6.07, 6.45) is 1.50. The standard InChI is InChI=1S/C25H31BrN2O/c1-14(2)15(3)13-23(29)28-21-11-17(5)25-22(12-16(4)24(25)18(21)6)27-20-9-7-19(26)8-10-20/h7-11,16,22,27H,12-13H2,1-6H3,(H,28,29). The van der Waals surface area contributed by atoms with Gasteiger partial charge < -0.3 is 10.6 Å². The highest BCUT2D eigenvalue weighted by Gasteiger charge is 2.32. The van der Waals surface area contributed by atoms with Crippen LogP contribution in [0.15, 0.2) is 46.0 Å². The van der Waals surface area contributed by atoms with E-state index in [-0.39, 0.29) is 11.9 Å². The number of fused-ring (bicyclic) bond motifs is 1. The molecule has 0 heterocycles. The number of carbonyl (C=O) groups is 1. The van der Waals surface area contributed by atoms with Crippen molar-refractivity contribution in [1.29, 1.82) is 0 Å². The summed E-state index contributed by atoms with van der Waals surface area (Å²) < 4.78 is 1.08. The smallest absolute Gasteiger partial charge is 0.228 e. The van der Waals surface area contributed by atoms with Gasteiger partial charge in [-0.15, -0.1) is 0 Å². The largest absolute Gasteiger partial charge is 0.378 e. The van der Waals surface area contributed by atoms with Gasteiger partial charge in [0.05, 0.1) is 6.04 Å². The summed E-state index contributed by atoms with van der Waals surface area (Å²) in [7, 11) is 0. The second-order valence-electron chi connectivity index (χ2n) is 8.54. The van der Waals surface area contributed by atoms with Gasteiger partial charge in [-0.1, -0.05) is 34.0 Å². The second-order valence-corrected chi connectivity index (χ2v) is 9.45. The van der Waals surface area contributed by atoms with Gasteiger partial charge in [0, 0.05) is 22.3 Å². The van der Waals surface area contributed by atoms with E-state index in [1.807, 2.05) is 20.8 Å². The molecule has 0 aromatic heterocycles. The molecule has 2 atom stereocenters. The maximum absolute atomic E-state index is 12.5. The minimum atomic E-state index is 0.0568. The third kappa shape index (κ3) is 4.75. The van der Waals surface area contributed by atoms with Gasteiger partial charge in [-0.25, -0.2) is 0 Å². The average Bonchev–Trinajstić information content (AvgIpc) is 2.97. The molecule has 0 radical (unpaired) electrons. The fourth-order valence-corrected chi connectivity index (χ4v) is 4.53. The Morgan fingerprint density at radius 1 is 1.10 bits per heavy atom. The van der Waals surface area contributed by atoms with Gasteiger partial charge >= 0.3 is 0 Å². The minimum absolute atomic E-state index is 0.0568. The first-order valence-corrected chi connectivity index (χ1v) is 11.1. The summed E-state index contributed by atoms with van der Waals surface area (Å²) in [6, 6.07) is 10.8. The maximum Gasteiger partial charge on any atom is 0.228 e. The first-order valence-electron chi connectivity index (χ1n) is 10.3. The topological polar surface area (TPSA) is 41.1 Å². The van der Waals surface area contributed by atoms with Crippen molar-refractivity contribution in [2.45, 2.75) is 66.3 Å². The Balaban J connectivity index is 1.87. The van der Waals surface area contributed by atoms with E-state index in [1.54, 1.807) is 0 Å². The Bertz CT molecular complexity index is 956. The Hall–Kier alpha value is -2.07. The Morgan fingerprint density at radius 3 is 2.38 bits per heavy atom. The van der Waals surface area contributed by atoms with E-state index in [9.17, 15) is 4.79 Å². The lowest BCUT2D eigenvalue weighted by Crippen LogP contribution is -2.15. The molecule has 0 aliphatic heterocycles. The number of benzene rings is 2. The zero-order valence-electron chi connectivity index (χ0n) is 18.2. The molecule has 3 nitrogen and oxygen atoms in total. The molecule has 2 aromatic rings. The second kappa shape index (κ2) is 8.74. The molecule has 2 aromatic carbocycles. The van der Waals surface area contributed by atoms with Crippen LogP contribution in [0.2, 0.25) is 0 Å². The van der Waals surface area contributed by atoms with E-state index in [1.165, 1.54) is 27.8 Å². The fraction of sp³-hybridized carbons (Fsp3) is 0.400. The number of hydrogen-bond acceptors (Lipinski definition) is 2. The first kappa shape index (κ1) is 21.6. The van der Waals surface area contributed by atoms with Crippen LogP contribution in [-0.4, -0.2) is 5.91 Å². The van der Waals surface area contributed by atoms with Crippen molar-refractivity contribution in [3.63, 3.8) is 0 Å². The Kier molecular flexibility index (Phi) is 6.52. The van der Waals surface area contributed by atoms with Gasteiger partial charge in [-0.3, -0.25) is 4.79 Å². The van der Waals surface area contributed by atoms with Crippen LogP contribution in [0.1, 0.15) is 74.8 Å². The molecule has 1 amide bonds. The number of aryl methyl sites for hydroxylation is 1. The van der Waals surface area contributed by atoms with Crippen LogP contribution in [0.25, 0.3) is 0 Å². The zero-order chi connectivity index (χ0) is 21.3. The van der Waals surface area contributed by atoms with Gasteiger partial charge in [0.15, 0.2) is 0 Å². The molecule has 2 unspecified atom stereocenters. The number of anilines is 2. The van der Waals surface area contributed by atoms with E-state index in [0.29, 0.717) is 12.3 Å². The molecule has 0 saturated heterocycles. The number of hydrogen-bond donors (Lipinski definition) is 2. The number of rotatable bonds is 5. The van der Waals surface area contributed by atoms with Gasteiger partial charge in [0.25, 0.3) is 0 Å². The molecular weight excluding hydrogens is 424 g/mol. The average molecular weight is 455 g/mol. The molecule has 29 heavy (non-hydrogen) atoms. The predicted octanol–water partition coefficient (Wildman–Crippen LogP) is 7.41. The molecule has 3 rings (SSSR count). The van der Waals surface area contributed by atoms with Crippen LogP contribution in [-0.2, 0) is 4.79 Å². The van der Waals surface area contributed by atoms with E-state index in [0.717, 1.165) is 27.8 Å². The molecule has 0 spiro atoms. The monoisotopic (exact) mass is 454 g/mol. The number of nitrogens with one attached hydrogen (secondary N) is 2. The number of amides is 1. The van der Waals surface area contributed by atoms with Crippen molar-refractivity contribution in [1.82, 2.24) is 0 Å². The zero-order valence-corrected chi connectivity index (χ0v) is 19.8. The van der Waals surface area contributed by atoms with Crippen LogP contribution in [0.3, 0.4) is 0 Å². The summed E-state index contributed by atoms with van der Waals surface area (Å²) in [5.74, 6) is 0.509. The van der Waals surface area contributed by atoms with E-state index in [4.69, 9.17) is 0 Å². The predicted molar refractivity (Wildman–Crippen MR) is 127 cm³/mol. The molecule has 1 aliphatic rings. The van der Waals surface area contributed by atoms with Crippen molar-refractivity contribution in [2.75, 3.05) is 10.6 Å². The van der Waals surface area contributed by atoms with Gasteiger partial charge in [-0.05, 0) is 99.5 Å². The van der Waals surface area contributed by atoms with Crippen LogP contribution in [0, 0.1) is 13.8 Å². The highest BCUT2D eigenvalue weighted by Crippen LogP contribution is 2.47. The van der Waals surface area contributed by atoms with Gasteiger partial charge in [0.1, 0.15) is 0 Å². The highest BCUT2D eigenvalue weighted by molar-refractivity contribution is 9.10. The lowest BCUT2D eigenvalue weighted by molar-refractivity contribution is -0.115. The highest BCUT2D eigenvalue weighted by atomic mass is 79.9. The van der Waals surface area contributed by atoms with Crippen molar-refractivity contribution < 1.29 is 4.79 Å². The molecular formula is C25H31BrN2O. The summed E-state index contributed by atoms with van der Waals surface area (Å²) in [5, 5.41) is 6.87. The summed E-state index contributed by atoms with van der Waals surface area (Å²) in [6.45, 7) is 12.7. The number of halogens is 1. The van der Waals surface area contributed by atoms with Gasteiger partial charge in [-0.2, -0.15) is 0 Å². The Labute approximate surface area is 183 Å². The van der Waals surface area contributed by atoms with Crippen LogP contribution >= 0.6 is 15.9 Å². The van der Waals surface area contributed by atoms with Crippen LogP contribution in [0.5, 0.6) is 0 Å². The molecule has 0 bridgehead atoms. The number of carbonyl (C=O) groups excluding carboxylic acids is 1. The normalized spacial score (nSPS) is 17.6. The van der Waals surface area contributed by atoms with E-state index < -0.39 is 0 Å². The van der Waals surface area contributed by atoms with Crippen molar-refractivity contribution in [3.05, 3.63) is 68.2 Å². The first-order chi connectivity index (χ1) is 13.7. The molecule has 0 saturated carbocycles. The Morgan fingerprint density at radius 2 is 1.76 bits per heavy atom. The third-order valence-electron chi connectivity index (χ3n) is 6.05.